The maximum Gasteiger partial charge on any atom is 0.110 e. The van der Waals surface area contributed by atoms with Gasteiger partial charge in [0.15, 0.2) is 0 Å². The number of hydrogen-bond acceptors (Lipinski definition) is 5. The largest absolute Gasteiger partial charge is 0.394 e. The lowest BCUT2D eigenvalue weighted by molar-refractivity contribution is -0.100. The monoisotopic (exact) mass is 224 g/mol. The van der Waals surface area contributed by atoms with Crippen LogP contribution in [0.1, 0.15) is 0 Å². The van der Waals surface area contributed by atoms with Gasteiger partial charge in [0.25, 0.3) is 0 Å². The molecule has 1 unspecified atom stereocenters. The summed E-state index contributed by atoms with van der Waals surface area (Å²) in [5.41, 5.74) is -1.03. The van der Waals surface area contributed by atoms with Crippen molar-refractivity contribution in [3.63, 3.8) is 0 Å². The quantitative estimate of drug-likeness (QED) is 0.358. The van der Waals surface area contributed by atoms with Gasteiger partial charge < -0.3 is 25.5 Å². The molecule has 4 atom stereocenters. The summed E-state index contributed by atoms with van der Waals surface area (Å²) in [6, 6.07) is 0. The summed E-state index contributed by atoms with van der Waals surface area (Å²) in [4.78, 5) is 0. The van der Waals surface area contributed by atoms with Crippen LogP contribution in [0, 0.1) is 0 Å². The highest BCUT2D eigenvalue weighted by atomic mass is 28.3. The Balaban J connectivity index is 4.38. The van der Waals surface area contributed by atoms with E-state index in [9.17, 15) is 15.3 Å². The molecule has 0 aliphatic carbocycles. The lowest BCUT2D eigenvalue weighted by Crippen LogP contribution is -2.54. The van der Waals surface area contributed by atoms with Gasteiger partial charge in [0.05, 0.1) is 20.4 Å². The van der Waals surface area contributed by atoms with E-state index in [1.165, 1.54) is 0 Å². The van der Waals surface area contributed by atoms with E-state index in [2.05, 4.69) is 0 Å². The van der Waals surface area contributed by atoms with Crippen molar-refractivity contribution in [2.75, 3.05) is 6.61 Å². The first-order valence-corrected chi connectivity index (χ1v) is 8.12. The zero-order valence-electron chi connectivity index (χ0n) is 8.75. The van der Waals surface area contributed by atoms with Crippen molar-refractivity contribution in [3.8, 4) is 0 Å². The molecule has 0 aromatic rings. The van der Waals surface area contributed by atoms with Crippen molar-refractivity contribution in [2.45, 2.75) is 43.7 Å². The van der Waals surface area contributed by atoms with E-state index in [0.29, 0.717) is 0 Å². The second-order valence-corrected chi connectivity index (χ2v) is 9.87. The SMILES string of the molecule is C[Si](C)(C)C(O)[C@H](O)[C@@H](O)[C@H](O)CO. The van der Waals surface area contributed by atoms with Crippen LogP contribution in [0.3, 0.4) is 0 Å². The van der Waals surface area contributed by atoms with Crippen molar-refractivity contribution < 1.29 is 25.5 Å². The minimum atomic E-state index is -1.99. The normalized spacial score (nSPS) is 21.4. The molecule has 0 heterocycles. The first kappa shape index (κ1) is 14.0. The molecule has 5 nitrogen and oxygen atoms in total. The predicted octanol–water partition coefficient (Wildman–Crippen LogP) is -1.70. The molecule has 5 N–H and O–H groups in total. The number of aliphatic hydroxyl groups is 5. The van der Waals surface area contributed by atoms with Crippen LogP contribution in [0.2, 0.25) is 19.6 Å². The first-order valence-electron chi connectivity index (χ1n) is 4.55. The van der Waals surface area contributed by atoms with Crippen molar-refractivity contribution in [1.29, 1.82) is 0 Å². The zero-order valence-corrected chi connectivity index (χ0v) is 9.75. The highest BCUT2D eigenvalue weighted by molar-refractivity contribution is 6.77. The molecule has 0 bridgehead atoms. The van der Waals surface area contributed by atoms with Gasteiger partial charge in [-0.25, -0.2) is 0 Å². The van der Waals surface area contributed by atoms with Crippen molar-refractivity contribution in [3.05, 3.63) is 0 Å². The molecule has 0 saturated heterocycles. The molecule has 0 aliphatic heterocycles. The van der Waals surface area contributed by atoms with E-state index in [-0.39, 0.29) is 0 Å². The third kappa shape index (κ3) is 3.64. The maximum atomic E-state index is 9.63. The molecule has 6 heteroatoms. The number of hydrogen-bond donors (Lipinski definition) is 5. The van der Waals surface area contributed by atoms with Gasteiger partial charge in [-0.05, 0) is 0 Å². The van der Waals surface area contributed by atoms with Gasteiger partial charge in [-0.15, -0.1) is 0 Å². The minimum absolute atomic E-state index is 0.642. The standard InChI is InChI=1S/C8H20O5Si/c1-14(2,3)8(13)7(12)6(11)5(10)4-9/h5-13H,4H2,1-3H3/t5-,6+,7-,8?/m1/s1. The van der Waals surface area contributed by atoms with Crippen LogP contribution in [0.25, 0.3) is 0 Å². The van der Waals surface area contributed by atoms with Gasteiger partial charge in [-0.2, -0.15) is 0 Å². The lowest BCUT2D eigenvalue weighted by atomic mass is 10.1. The zero-order chi connectivity index (χ0) is 11.5. The van der Waals surface area contributed by atoms with Crippen LogP contribution in [0.4, 0.5) is 0 Å². The molecule has 0 rings (SSSR count). The van der Waals surface area contributed by atoms with Crippen molar-refractivity contribution in [2.24, 2.45) is 0 Å². The lowest BCUT2D eigenvalue weighted by Gasteiger charge is -2.32. The summed E-state index contributed by atoms with van der Waals surface area (Å²) < 4.78 is 0. The summed E-state index contributed by atoms with van der Waals surface area (Å²) in [6.07, 6.45) is -4.35. The molecule has 0 aliphatic rings. The van der Waals surface area contributed by atoms with E-state index < -0.39 is 38.7 Å². The predicted molar refractivity (Wildman–Crippen MR) is 54.5 cm³/mol. The van der Waals surface area contributed by atoms with Gasteiger partial charge >= 0.3 is 0 Å². The van der Waals surface area contributed by atoms with E-state index in [4.69, 9.17) is 10.2 Å². The smallest absolute Gasteiger partial charge is 0.110 e. The van der Waals surface area contributed by atoms with E-state index in [0.717, 1.165) is 0 Å². The van der Waals surface area contributed by atoms with Crippen molar-refractivity contribution in [1.82, 2.24) is 0 Å². The van der Waals surface area contributed by atoms with Gasteiger partial charge in [-0.3, -0.25) is 0 Å². The fourth-order valence-electron chi connectivity index (χ4n) is 1.03. The van der Waals surface area contributed by atoms with Gasteiger partial charge in [0.1, 0.15) is 18.3 Å². The van der Waals surface area contributed by atoms with E-state index >= 15 is 0 Å². The first-order chi connectivity index (χ1) is 6.21. The molecular weight excluding hydrogens is 204 g/mol. The van der Waals surface area contributed by atoms with Crippen LogP contribution >= 0.6 is 0 Å². The third-order valence-corrected chi connectivity index (χ3v) is 4.26. The van der Waals surface area contributed by atoms with Crippen LogP contribution in [0.15, 0.2) is 0 Å². The molecule has 86 valence electrons. The molecule has 0 radical (unpaired) electrons. The Hall–Kier alpha value is 0.0169. The fraction of sp³-hybridized carbons (Fsp3) is 1.00. The van der Waals surface area contributed by atoms with Crippen LogP contribution in [-0.4, -0.2) is 64.3 Å². The Bertz CT molecular complexity index is 170. The summed E-state index contributed by atoms with van der Waals surface area (Å²) in [5, 5.41) is 46.0. The summed E-state index contributed by atoms with van der Waals surface area (Å²) in [6.45, 7) is 4.85. The van der Waals surface area contributed by atoms with Gasteiger partial charge in [0.2, 0.25) is 0 Å². The molecule has 0 spiro atoms. The second-order valence-electron chi connectivity index (χ2n) is 4.54. The van der Waals surface area contributed by atoms with Crippen molar-refractivity contribution >= 4 is 8.07 Å². The summed E-state index contributed by atoms with van der Waals surface area (Å²) in [5.74, 6) is 0. The maximum absolute atomic E-state index is 9.63. The number of rotatable bonds is 5. The molecule has 0 aromatic carbocycles. The summed E-state index contributed by atoms with van der Waals surface area (Å²) in [7, 11) is -1.99. The highest BCUT2D eigenvalue weighted by Crippen LogP contribution is 2.15. The van der Waals surface area contributed by atoms with E-state index in [1.807, 2.05) is 19.6 Å². The van der Waals surface area contributed by atoms with Gasteiger partial charge in [-0.1, -0.05) is 19.6 Å². The van der Waals surface area contributed by atoms with E-state index in [1.54, 1.807) is 0 Å². The topological polar surface area (TPSA) is 101 Å². The Morgan fingerprint density at radius 1 is 0.929 bits per heavy atom. The summed E-state index contributed by atoms with van der Waals surface area (Å²) >= 11 is 0. The number of aliphatic hydroxyl groups excluding tert-OH is 5. The molecular formula is C8H20O5Si. The average Bonchev–Trinajstić information content (AvgIpc) is 2.11. The Morgan fingerprint density at radius 3 is 1.64 bits per heavy atom. The second kappa shape index (κ2) is 5.20. The Kier molecular flexibility index (Phi) is 5.20. The fourth-order valence-corrected chi connectivity index (χ4v) is 2.26. The molecule has 0 amide bonds. The third-order valence-electron chi connectivity index (χ3n) is 2.14. The molecule has 0 saturated carbocycles. The van der Waals surface area contributed by atoms with Gasteiger partial charge in [0, 0.05) is 0 Å². The van der Waals surface area contributed by atoms with Crippen LogP contribution in [0.5, 0.6) is 0 Å². The Labute approximate surface area is 84.6 Å². The molecule has 0 fully saturated rings. The average molecular weight is 224 g/mol. The molecule has 14 heavy (non-hydrogen) atoms. The molecule has 0 aromatic heterocycles. The van der Waals surface area contributed by atoms with Crippen LogP contribution < -0.4 is 0 Å². The minimum Gasteiger partial charge on any atom is -0.394 e. The van der Waals surface area contributed by atoms with Crippen LogP contribution in [-0.2, 0) is 0 Å². The highest BCUT2D eigenvalue weighted by Gasteiger charge is 2.37. The Morgan fingerprint density at radius 2 is 1.36 bits per heavy atom.